The summed E-state index contributed by atoms with van der Waals surface area (Å²) < 4.78 is 37.7. The Morgan fingerprint density at radius 3 is 2.40 bits per heavy atom. The Bertz CT molecular complexity index is 514. The number of hydrogen-bond donors (Lipinski definition) is 1. The first kappa shape index (κ1) is 16.0. The van der Waals surface area contributed by atoms with Crippen LogP contribution in [0.2, 0.25) is 0 Å². The molecule has 1 atom stereocenters. The summed E-state index contributed by atoms with van der Waals surface area (Å²) in [7, 11) is 1.30. The van der Waals surface area contributed by atoms with E-state index in [-0.39, 0.29) is 12.0 Å². The van der Waals surface area contributed by atoms with Crippen molar-refractivity contribution >= 4 is 11.9 Å². The van der Waals surface area contributed by atoms with Gasteiger partial charge in [-0.05, 0) is 11.6 Å². The first-order valence-corrected chi connectivity index (χ1v) is 5.75. The topological polar surface area (TPSA) is 57.6 Å². The zero-order valence-electron chi connectivity index (χ0n) is 10.9. The highest BCUT2D eigenvalue weighted by Gasteiger charge is 2.31. The Kier molecular flexibility index (Phi) is 4.75. The summed E-state index contributed by atoms with van der Waals surface area (Å²) >= 11 is 0. The first-order chi connectivity index (χ1) is 9.12. The second-order valence-corrected chi connectivity index (χ2v) is 4.39. The second-order valence-electron chi connectivity index (χ2n) is 4.39. The molecule has 20 heavy (non-hydrogen) atoms. The quantitative estimate of drug-likeness (QED) is 0.924. The lowest BCUT2D eigenvalue weighted by Gasteiger charge is -2.23. The predicted molar refractivity (Wildman–Crippen MR) is 65.0 cm³/mol. The van der Waals surface area contributed by atoms with E-state index in [0.717, 1.165) is 17.0 Å². The van der Waals surface area contributed by atoms with Crippen molar-refractivity contribution < 1.29 is 27.9 Å². The van der Waals surface area contributed by atoms with Crippen LogP contribution in [0.3, 0.4) is 0 Å². The average Bonchev–Trinajstić information content (AvgIpc) is 2.34. The van der Waals surface area contributed by atoms with E-state index in [1.165, 1.54) is 26.1 Å². The van der Waals surface area contributed by atoms with Gasteiger partial charge in [0.25, 0.3) is 0 Å². The number of alkyl halides is 3. The van der Waals surface area contributed by atoms with Crippen LogP contribution in [0, 0.1) is 0 Å². The van der Waals surface area contributed by atoms with Gasteiger partial charge in [0, 0.05) is 20.4 Å². The third kappa shape index (κ3) is 3.97. The standard InChI is InChI=1S/C13H14F3NO3/c1-8(18)17(2)11(12(19)20)7-9-4-3-5-10(6-9)13(14,15)16/h3-6,11H,7H2,1-2H3,(H,19,20)/t11-/m0/s1. The van der Waals surface area contributed by atoms with Crippen LogP contribution in [0.5, 0.6) is 0 Å². The first-order valence-electron chi connectivity index (χ1n) is 5.75. The molecule has 0 bridgehead atoms. The molecule has 1 amide bonds. The molecule has 0 heterocycles. The summed E-state index contributed by atoms with van der Waals surface area (Å²) in [4.78, 5) is 23.3. The van der Waals surface area contributed by atoms with Gasteiger partial charge in [0.15, 0.2) is 0 Å². The molecule has 110 valence electrons. The Labute approximate surface area is 113 Å². The number of halogens is 3. The smallest absolute Gasteiger partial charge is 0.416 e. The van der Waals surface area contributed by atoms with Gasteiger partial charge in [-0.3, -0.25) is 4.79 Å². The number of carbonyl (C=O) groups excluding carboxylic acids is 1. The lowest BCUT2D eigenvalue weighted by Crippen LogP contribution is -2.42. The molecule has 0 aliphatic rings. The second kappa shape index (κ2) is 5.94. The summed E-state index contributed by atoms with van der Waals surface area (Å²) in [5.74, 6) is -1.73. The number of amides is 1. The van der Waals surface area contributed by atoms with E-state index in [4.69, 9.17) is 5.11 Å². The number of carboxylic acids is 1. The summed E-state index contributed by atoms with van der Waals surface area (Å²) in [6, 6.07) is 3.22. The van der Waals surface area contributed by atoms with Crippen molar-refractivity contribution in [2.75, 3.05) is 7.05 Å². The van der Waals surface area contributed by atoms with Gasteiger partial charge in [0.05, 0.1) is 5.56 Å². The lowest BCUT2D eigenvalue weighted by atomic mass is 10.0. The van der Waals surface area contributed by atoms with Crippen LogP contribution < -0.4 is 0 Å². The van der Waals surface area contributed by atoms with E-state index in [0.29, 0.717) is 0 Å². The molecule has 1 aromatic rings. The lowest BCUT2D eigenvalue weighted by molar-refractivity contribution is -0.148. The number of carboxylic acid groups (broad SMARTS) is 1. The van der Waals surface area contributed by atoms with E-state index in [9.17, 15) is 22.8 Å². The highest BCUT2D eigenvalue weighted by molar-refractivity contribution is 5.82. The molecule has 0 aliphatic heterocycles. The molecule has 0 spiro atoms. The molecule has 0 aliphatic carbocycles. The highest BCUT2D eigenvalue weighted by Crippen LogP contribution is 2.29. The average molecular weight is 289 g/mol. The number of benzene rings is 1. The molecular weight excluding hydrogens is 275 g/mol. The SMILES string of the molecule is CC(=O)N(C)[C@@H](Cc1cccc(C(F)(F)F)c1)C(=O)O. The van der Waals surface area contributed by atoms with Gasteiger partial charge in [-0.2, -0.15) is 13.2 Å². The molecule has 0 saturated heterocycles. The predicted octanol–water partition coefficient (Wildman–Crippen LogP) is 2.18. The zero-order valence-corrected chi connectivity index (χ0v) is 10.9. The van der Waals surface area contributed by atoms with Gasteiger partial charge < -0.3 is 10.0 Å². The molecule has 1 aromatic carbocycles. The molecule has 0 fully saturated rings. The van der Waals surface area contributed by atoms with E-state index in [1.807, 2.05) is 0 Å². The Morgan fingerprint density at radius 1 is 1.35 bits per heavy atom. The fourth-order valence-electron chi connectivity index (χ4n) is 1.71. The maximum atomic E-state index is 12.6. The molecule has 0 aromatic heterocycles. The molecule has 0 saturated carbocycles. The van der Waals surface area contributed by atoms with Gasteiger partial charge >= 0.3 is 12.1 Å². The Hall–Kier alpha value is -2.05. The number of aliphatic carboxylic acids is 1. The summed E-state index contributed by atoms with van der Waals surface area (Å²) in [5.41, 5.74) is -0.634. The third-order valence-electron chi connectivity index (χ3n) is 2.93. The van der Waals surface area contributed by atoms with Crippen LogP contribution in [0.1, 0.15) is 18.1 Å². The van der Waals surface area contributed by atoms with Crippen LogP contribution >= 0.6 is 0 Å². The van der Waals surface area contributed by atoms with Crippen LogP contribution in [0.15, 0.2) is 24.3 Å². The molecular formula is C13H14F3NO3. The normalized spacial score (nSPS) is 12.8. The van der Waals surface area contributed by atoms with Crippen molar-refractivity contribution in [1.29, 1.82) is 0 Å². The zero-order chi connectivity index (χ0) is 15.5. The van der Waals surface area contributed by atoms with Crippen LogP contribution in [-0.2, 0) is 22.2 Å². The minimum Gasteiger partial charge on any atom is -0.480 e. The van der Waals surface area contributed by atoms with Crippen molar-refractivity contribution in [3.63, 3.8) is 0 Å². The van der Waals surface area contributed by atoms with Gasteiger partial charge in [0.2, 0.25) is 5.91 Å². The van der Waals surface area contributed by atoms with E-state index in [1.54, 1.807) is 0 Å². The maximum absolute atomic E-state index is 12.6. The fraction of sp³-hybridized carbons (Fsp3) is 0.385. The van der Waals surface area contributed by atoms with Crippen molar-refractivity contribution in [3.05, 3.63) is 35.4 Å². The van der Waals surface area contributed by atoms with Crippen molar-refractivity contribution in [1.82, 2.24) is 4.90 Å². The monoisotopic (exact) mass is 289 g/mol. The maximum Gasteiger partial charge on any atom is 0.416 e. The Morgan fingerprint density at radius 2 is 1.95 bits per heavy atom. The number of carbonyl (C=O) groups is 2. The number of hydrogen-bond acceptors (Lipinski definition) is 2. The summed E-state index contributed by atoms with van der Waals surface area (Å²) in [5, 5.41) is 9.07. The molecule has 1 rings (SSSR count). The number of rotatable bonds is 4. The summed E-state index contributed by atoms with van der Waals surface area (Å²) in [6.45, 7) is 1.20. The van der Waals surface area contributed by atoms with E-state index >= 15 is 0 Å². The molecule has 0 unspecified atom stereocenters. The molecule has 0 radical (unpaired) electrons. The van der Waals surface area contributed by atoms with Gasteiger partial charge in [-0.25, -0.2) is 4.79 Å². The van der Waals surface area contributed by atoms with Crippen molar-refractivity contribution in [3.8, 4) is 0 Å². The van der Waals surface area contributed by atoms with Crippen LogP contribution in [-0.4, -0.2) is 35.0 Å². The van der Waals surface area contributed by atoms with Gasteiger partial charge in [-0.1, -0.05) is 18.2 Å². The van der Waals surface area contributed by atoms with E-state index < -0.39 is 29.7 Å². The third-order valence-corrected chi connectivity index (χ3v) is 2.93. The molecule has 7 heteroatoms. The summed E-state index contributed by atoms with van der Waals surface area (Å²) in [6.07, 6.45) is -4.67. The van der Waals surface area contributed by atoms with Crippen molar-refractivity contribution in [2.45, 2.75) is 25.6 Å². The number of nitrogens with zero attached hydrogens (tertiary/aromatic N) is 1. The molecule has 1 N–H and O–H groups in total. The minimum absolute atomic E-state index is 0.185. The van der Waals surface area contributed by atoms with Crippen LogP contribution in [0.25, 0.3) is 0 Å². The highest BCUT2D eigenvalue weighted by atomic mass is 19.4. The largest absolute Gasteiger partial charge is 0.480 e. The fourth-order valence-corrected chi connectivity index (χ4v) is 1.71. The van der Waals surface area contributed by atoms with E-state index in [2.05, 4.69) is 0 Å². The minimum atomic E-state index is -4.48. The number of likely N-dealkylation sites (N-methyl/N-ethyl adjacent to an activating group) is 1. The Balaban J connectivity index is 3.01. The van der Waals surface area contributed by atoms with Crippen molar-refractivity contribution in [2.24, 2.45) is 0 Å². The molecule has 4 nitrogen and oxygen atoms in total. The van der Waals surface area contributed by atoms with Gasteiger partial charge in [0.1, 0.15) is 6.04 Å². The van der Waals surface area contributed by atoms with Gasteiger partial charge in [-0.15, -0.1) is 0 Å². The van der Waals surface area contributed by atoms with Crippen LogP contribution in [0.4, 0.5) is 13.2 Å².